The van der Waals surface area contributed by atoms with E-state index in [1.165, 1.54) is 25.3 Å². The van der Waals surface area contributed by atoms with E-state index in [0.717, 1.165) is 0 Å². The number of nitrogens with zero attached hydrogens (tertiary/aromatic N) is 1. The number of H-pyrrole nitrogens is 1. The SMILES string of the molecule is COc1cc2nc(-c3cc(F)ccc3O)[nH]c2cc1OC. The summed E-state index contributed by atoms with van der Waals surface area (Å²) in [7, 11) is 3.08. The Morgan fingerprint density at radius 3 is 2.52 bits per heavy atom. The molecular formula is C15H13FN2O3. The standard InChI is InChI=1S/C15H13FN2O3/c1-20-13-6-10-11(7-14(13)21-2)18-15(17-10)9-5-8(16)3-4-12(9)19/h3-7,19H,1-2H3,(H,17,18). The van der Waals surface area contributed by atoms with Gasteiger partial charge in [-0.3, -0.25) is 0 Å². The molecule has 3 aromatic rings. The zero-order valence-electron chi connectivity index (χ0n) is 11.5. The van der Waals surface area contributed by atoms with E-state index in [1.807, 2.05) is 0 Å². The van der Waals surface area contributed by atoms with Gasteiger partial charge in [-0.15, -0.1) is 0 Å². The molecule has 5 nitrogen and oxygen atoms in total. The van der Waals surface area contributed by atoms with Crippen LogP contribution in [0.4, 0.5) is 4.39 Å². The summed E-state index contributed by atoms with van der Waals surface area (Å²) in [5.41, 5.74) is 1.63. The summed E-state index contributed by atoms with van der Waals surface area (Å²) < 4.78 is 23.8. The maximum atomic E-state index is 13.3. The third-order valence-corrected chi connectivity index (χ3v) is 3.20. The first-order chi connectivity index (χ1) is 10.1. The number of imidazole rings is 1. The number of phenolic OH excluding ortho intramolecular Hbond substituents is 1. The summed E-state index contributed by atoms with van der Waals surface area (Å²) in [5, 5.41) is 9.84. The van der Waals surface area contributed by atoms with Gasteiger partial charge >= 0.3 is 0 Å². The lowest BCUT2D eigenvalue weighted by molar-refractivity contribution is 0.356. The van der Waals surface area contributed by atoms with Crippen molar-refractivity contribution in [2.24, 2.45) is 0 Å². The fraction of sp³-hybridized carbons (Fsp3) is 0.133. The van der Waals surface area contributed by atoms with E-state index < -0.39 is 5.82 Å². The summed E-state index contributed by atoms with van der Waals surface area (Å²) in [5.74, 6) is 0.986. The fourth-order valence-electron chi connectivity index (χ4n) is 2.16. The molecule has 108 valence electrons. The molecule has 0 saturated carbocycles. The summed E-state index contributed by atoms with van der Waals surface area (Å²) in [6, 6.07) is 7.15. The van der Waals surface area contributed by atoms with Gasteiger partial charge in [0, 0.05) is 12.1 Å². The van der Waals surface area contributed by atoms with Gasteiger partial charge in [0.05, 0.1) is 30.8 Å². The maximum Gasteiger partial charge on any atom is 0.163 e. The molecule has 21 heavy (non-hydrogen) atoms. The second-order valence-corrected chi connectivity index (χ2v) is 4.47. The minimum absolute atomic E-state index is 0.0469. The van der Waals surface area contributed by atoms with Crippen LogP contribution >= 0.6 is 0 Å². The molecule has 0 amide bonds. The smallest absolute Gasteiger partial charge is 0.163 e. The third kappa shape index (κ3) is 2.24. The van der Waals surface area contributed by atoms with E-state index >= 15 is 0 Å². The van der Waals surface area contributed by atoms with Crippen molar-refractivity contribution in [3.8, 4) is 28.6 Å². The lowest BCUT2D eigenvalue weighted by Gasteiger charge is -2.06. The Morgan fingerprint density at radius 2 is 1.81 bits per heavy atom. The number of methoxy groups -OCH3 is 2. The minimum Gasteiger partial charge on any atom is -0.507 e. The first kappa shape index (κ1) is 13.2. The average Bonchev–Trinajstić information content (AvgIpc) is 2.90. The van der Waals surface area contributed by atoms with Crippen LogP contribution in [0.25, 0.3) is 22.4 Å². The normalized spacial score (nSPS) is 10.8. The van der Waals surface area contributed by atoms with Gasteiger partial charge in [0.15, 0.2) is 11.5 Å². The molecule has 0 bridgehead atoms. The Kier molecular flexibility index (Phi) is 3.13. The molecule has 2 aromatic carbocycles. The summed E-state index contributed by atoms with van der Waals surface area (Å²) in [6.07, 6.45) is 0. The second kappa shape index (κ2) is 4.97. The van der Waals surface area contributed by atoms with Crippen LogP contribution in [-0.4, -0.2) is 29.3 Å². The number of aromatic nitrogens is 2. The highest BCUT2D eigenvalue weighted by atomic mass is 19.1. The molecule has 0 spiro atoms. The predicted octanol–water partition coefficient (Wildman–Crippen LogP) is 3.09. The molecule has 0 saturated heterocycles. The molecule has 2 N–H and O–H groups in total. The molecule has 6 heteroatoms. The Morgan fingerprint density at radius 1 is 1.10 bits per heavy atom. The Balaban J connectivity index is 2.19. The van der Waals surface area contributed by atoms with Gasteiger partial charge in [0.2, 0.25) is 0 Å². The number of phenols is 1. The number of rotatable bonds is 3. The van der Waals surface area contributed by atoms with Crippen molar-refractivity contribution in [2.45, 2.75) is 0 Å². The van der Waals surface area contributed by atoms with E-state index in [2.05, 4.69) is 9.97 Å². The molecule has 0 atom stereocenters. The summed E-state index contributed by atoms with van der Waals surface area (Å²) >= 11 is 0. The summed E-state index contributed by atoms with van der Waals surface area (Å²) in [6.45, 7) is 0. The number of hydrogen-bond acceptors (Lipinski definition) is 4. The topological polar surface area (TPSA) is 67.4 Å². The number of ether oxygens (including phenoxy) is 2. The van der Waals surface area contributed by atoms with Crippen molar-refractivity contribution < 1.29 is 19.0 Å². The Hall–Kier alpha value is -2.76. The molecule has 0 aliphatic rings. The number of aromatic amines is 1. The van der Waals surface area contributed by atoms with Gasteiger partial charge in [-0.2, -0.15) is 0 Å². The number of fused-ring (bicyclic) bond motifs is 1. The molecule has 1 aromatic heterocycles. The number of nitrogens with one attached hydrogen (secondary N) is 1. The van der Waals surface area contributed by atoms with Crippen LogP contribution in [0.15, 0.2) is 30.3 Å². The second-order valence-electron chi connectivity index (χ2n) is 4.47. The van der Waals surface area contributed by atoms with Gasteiger partial charge in [-0.05, 0) is 18.2 Å². The monoisotopic (exact) mass is 288 g/mol. The molecule has 0 fully saturated rings. The van der Waals surface area contributed by atoms with Gasteiger partial charge in [-0.25, -0.2) is 9.37 Å². The zero-order chi connectivity index (χ0) is 15.0. The molecule has 0 aliphatic carbocycles. The molecule has 0 radical (unpaired) electrons. The molecule has 0 unspecified atom stereocenters. The van der Waals surface area contributed by atoms with Crippen LogP contribution in [-0.2, 0) is 0 Å². The molecule has 1 heterocycles. The van der Waals surface area contributed by atoms with Crippen LogP contribution in [0.1, 0.15) is 0 Å². The van der Waals surface area contributed by atoms with E-state index in [1.54, 1.807) is 19.2 Å². The van der Waals surface area contributed by atoms with Crippen molar-refractivity contribution >= 4 is 11.0 Å². The van der Waals surface area contributed by atoms with Crippen LogP contribution in [0, 0.1) is 5.82 Å². The average molecular weight is 288 g/mol. The van der Waals surface area contributed by atoms with Crippen LogP contribution in [0.3, 0.4) is 0 Å². The Bertz CT molecular complexity index is 773. The van der Waals surface area contributed by atoms with Gasteiger partial charge < -0.3 is 19.6 Å². The van der Waals surface area contributed by atoms with E-state index in [4.69, 9.17) is 9.47 Å². The molecule has 3 rings (SSSR count). The van der Waals surface area contributed by atoms with Crippen molar-refractivity contribution in [3.05, 3.63) is 36.1 Å². The largest absolute Gasteiger partial charge is 0.507 e. The highest BCUT2D eigenvalue weighted by Crippen LogP contribution is 2.34. The van der Waals surface area contributed by atoms with E-state index in [9.17, 15) is 9.50 Å². The van der Waals surface area contributed by atoms with Crippen molar-refractivity contribution in [1.29, 1.82) is 0 Å². The first-order valence-electron chi connectivity index (χ1n) is 6.23. The lowest BCUT2D eigenvalue weighted by Crippen LogP contribution is -1.89. The zero-order valence-corrected chi connectivity index (χ0v) is 11.5. The minimum atomic E-state index is -0.446. The quantitative estimate of drug-likeness (QED) is 0.777. The number of aromatic hydroxyl groups is 1. The van der Waals surface area contributed by atoms with Crippen molar-refractivity contribution in [2.75, 3.05) is 14.2 Å². The number of benzene rings is 2. The fourth-order valence-corrected chi connectivity index (χ4v) is 2.16. The van der Waals surface area contributed by atoms with Crippen LogP contribution in [0.2, 0.25) is 0 Å². The highest BCUT2D eigenvalue weighted by Gasteiger charge is 2.13. The van der Waals surface area contributed by atoms with Gasteiger partial charge in [0.1, 0.15) is 17.4 Å². The van der Waals surface area contributed by atoms with E-state index in [0.29, 0.717) is 33.9 Å². The first-order valence-corrected chi connectivity index (χ1v) is 6.23. The lowest BCUT2D eigenvalue weighted by atomic mass is 10.2. The van der Waals surface area contributed by atoms with Crippen molar-refractivity contribution in [3.63, 3.8) is 0 Å². The van der Waals surface area contributed by atoms with E-state index in [-0.39, 0.29) is 5.75 Å². The molecular weight excluding hydrogens is 275 g/mol. The number of halogens is 1. The van der Waals surface area contributed by atoms with Crippen LogP contribution in [0.5, 0.6) is 17.2 Å². The summed E-state index contributed by atoms with van der Waals surface area (Å²) in [4.78, 5) is 7.38. The predicted molar refractivity (Wildman–Crippen MR) is 76.3 cm³/mol. The maximum absolute atomic E-state index is 13.3. The highest BCUT2D eigenvalue weighted by molar-refractivity contribution is 5.83. The van der Waals surface area contributed by atoms with Gasteiger partial charge in [-0.1, -0.05) is 0 Å². The third-order valence-electron chi connectivity index (χ3n) is 3.20. The van der Waals surface area contributed by atoms with Gasteiger partial charge in [0.25, 0.3) is 0 Å². The van der Waals surface area contributed by atoms with Crippen molar-refractivity contribution in [1.82, 2.24) is 9.97 Å². The number of hydrogen-bond donors (Lipinski definition) is 2. The Labute approximate surface area is 120 Å². The van der Waals surface area contributed by atoms with Crippen LogP contribution < -0.4 is 9.47 Å². The molecule has 0 aliphatic heterocycles.